The number of aliphatic hydroxyl groups excluding tert-OH is 1. The van der Waals surface area contributed by atoms with Crippen molar-refractivity contribution < 1.29 is 19.4 Å². The molecule has 0 spiro atoms. The van der Waals surface area contributed by atoms with Gasteiger partial charge in [-0.1, -0.05) is 40.2 Å². The van der Waals surface area contributed by atoms with Crippen LogP contribution in [0.3, 0.4) is 0 Å². The molecule has 0 aromatic heterocycles. The Labute approximate surface area is 168 Å². The third-order valence-electron chi connectivity index (χ3n) is 5.04. The Morgan fingerprint density at radius 1 is 1.30 bits per heavy atom. The number of benzene rings is 2. The van der Waals surface area contributed by atoms with Crippen molar-refractivity contribution in [2.45, 2.75) is 31.5 Å². The molecule has 2 aromatic carbocycles. The monoisotopic (exact) mass is 433 g/mol. The zero-order chi connectivity index (χ0) is 19.4. The van der Waals surface area contributed by atoms with Gasteiger partial charge in [-0.05, 0) is 42.3 Å². The number of hydrogen-bond donors (Lipinski definition) is 1. The first kappa shape index (κ1) is 19.9. The highest BCUT2D eigenvalue weighted by molar-refractivity contribution is 9.10. The van der Waals surface area contributed by atoms with Crippen LogP contribution in [-0.4, -0.2) is 42.3 Å². The summed E-state index contributed by atoms with van der Waals surface area (Å²) in [4.78, 5) is 15.0. The van der Waals surface area contributed by atoms with Crippen molar-refractivity contribution in [1.29, 1.82) is 0 Å². The van der Waals surface area contributed by atoms with E-state index in [9.17, 15) is 9.90 Å². The number of nitrogens with zero attached hydrogens (tertiary/aromatic N) is 1. The molecule has 1 aliphatic heterocycles. The van der Waals surface area contributed by atoms with Gasteiger partial charge >= 0.3 is 0 Å². The molecule has 0 aliphatic carbocycles. The van der Waals surface area contributed by atoms with Gasteiger partial charge in [-0.15, -0.1) is 0 Å². The molecule has 5 nitrogen and oxygen atoms in total. The molecule has 1 heterocycles. The molecule has 144 valence electrons. The number of carbonyl (C=O) groups is 1. The van der Waals surface area contributed by atoms with E-state index >= 15 is 0 Å². The van der Waals surface area contributed by atoms with Crippen LogP contribution in [-0.2, 0) is 21.6 Å². The predicted molar refractivity (Wildman–Crippen MR) is 106 cm³/mol. The molecular weight excluding hydrogens is 410 g/mol. The molecule has 1 fully saturated rings. The summed E-state index contributed by atoms with van der Waals surface area (Å²) in [5.41, 5.74) is 1.41. The Morgan fingerprint density at radius 3 is 2.67 bits per heavy atom. The highest BCUT2D eigenvalue weighted by Gasteiger charge is 2.45. The zero-order valence-corrected chi connectivity index (χ0v) is 17.1. The molecule has 1 saturated heterocycles. The number of methoxy groups -OCH3 is 1. The second-order valence-corrected chi connectivity index (χ2v) is 7.78. The molecule has 6 heteroatoms. The molecule has 1 aliphatic rings. The molecule has 1 N–H and O–H groups in total. The van der Waals surface area contributed by atoms with Crippen LogP contribution in [0.5, 0.6) is 5.75 Å². The molecule has 0 radical (unpaired) electrons. The molecule has 1 amide bonds. The second-order valence-electron chi connectivity index (χ2n) is 6.87. The summed E-state index contributed by atoms with van der Waals surface area (Å²) in [7, 11) is 1.63. The van der Waals surface area contributed by atoms with E-state index < -0.39 is 11.6 Å². The number of halogens is 1. The number of hydrogen-bond acceptors (Lipinski definition) is 4. The van der Waals surface area contributed by atoms with E-state index in [4.69, 9.17) is 9.47 Å². The van der Waals surface area contributed by atoms with Crippen LogP contribution < -0.4 is 4.74 Å². The van der Waals surface area contributed by atoms with E-state index in [0.717, 1.165) is 21.3 Å². The van der Waals surface area contributed by atoms with E-state index in [-0.39, 0.29) is 12.5 Å². The standard InChI is InChI=1S/C21H24BrNO4/c1-21(16-4-3-5-17(22)12-16)14-27-19(10-11-24)20(25)23(21)13-15-6-8-18(26-2)9-7-15/h3-9,12,19,24H,10-11,13-14H2,1-2H3. The number of carbonyl (C=O) groups excluding carboxylic acids is 1. The van der Waals surface area contributed by atoms with Gasteiger partial charge in [-0.25, -0.2) is 0 Å². The normalized spacial score (nSPS) is 22.7. The SMILES string of the molecule is COc1ccc(CN2C(=O)C(CCO)OCC2(C)c2cccc(Br)c2)cc1. The summed E-state index contributed by atoms with van der Waals surface area (Å²) >= 11 is 3.52. The van der Waals surface area contributed by atoms with Crippen LogP contribution in [0.1, 0.15) is 24.5 Å². The van der Waals surface area contributed by atoms with Crippen LogP contribution in [0.25, 0.3) is 0 Å². The molecule has 27 heavy (non-hydrogen) atoms. The maximum Gasteiger partial charge on any atom is 0.252 e. The Kier molecular flexibility index (Phi) is 6.19. The zero-order valence-electron chi connectivity index (χ0n) is 15.5. The summed E-state index contributed by atoms with van der Waals surface area (Å²) in [5.74, 6) is 0.675. The van der Waals surface area contributed by atoms with Gasteiger partial charge in [0.15, 0.2) is 0 Å². The number of ether oxygens (including phenoxy) is 2. The first-order valence-electron chi connectivity index (χ1n) is 8.91. The van der Waals surface area contributed by atoms with Crippen LogP contribution in [0, 0.1) is 0 Å². The lowest BCUT2D eigenvalue weighted by atomic mass is 9.88. The molecule has 2 unspecified atom stereocenters. The van der Waals surface area contributed by atoms with Gasteiger partial charge < -0.3 is 19.5 Å². The van der Waals surface area contributed by atoms with Gasteiger partial charge in [0, 0.05) is 24.0 Å². The minimum atomic E-state index is -0.617. The van der Waals surface area contributed by atoms with Crippen molar-refractivity contribution in [2.75, 3.05) is 20.3 Å². The fourth-order valence-electron chi connectivity index (χ4n) is 3.38. The third-order valence-corrected chi connectivity index (χ3v) is 5.53. The smallest absolute Gasteiger partial charge is 0.252 e. The van der Waals surface area contributed by atoms with Crippen LogP contribution in [0.4, 0.5) is 0 Å². The predicted octanol–water partition coefficient (Wildman–Crippen LogP) is 3.48. The summed E-state index contributed by atoms with van der Waals surface area (Å²) in [6.07, 6.45) is -0.319. The lowest BCUT2D eigenvalue weighted by Crippen LogP contribution is -2.58. The van der Waals surface area contributed by atoms with Gasteiger partial charge in [0.05, 0.1) is 19.3 Å². The quantitative estimate of drug-likeness (QED) is 0.757. The fraction of sp³-hybridized carbons (Fsp3) is 0.381. The van der Waals surface area contributed by atoms with Crippen LogP contribution >= 0.6 is 15.9 Å². The van der Waals surface area contributed by atoms with E-state index in [1.807, 2.05) is 60.4 Å². The van der Waals surface area contributed by atoms with Crippen molar-refractivity contribution >= 4 is 21.8 Å². The first-order valence-corrected chi connectivity index (χ1v) is 9.70. The average Bonchev–Trinajstić information content (AvgIpc) is 2.68. The largest absolute Gasteiger partial charge is 0.497 e. The van der Waals surface area contributed by atoms with E-state index in [1.54, 1.807) is 7.11 Å². The molecule has 3 rings (SSSR count). The summed E-state index contributed by atoms with van der Waals surface area (Å²) in [6.45, 7) is 2.76. The maximum absolute atomic E-state index is 13.2. The van der Waals surface area contributed by atoms with Crippen LogP contribution in [0.2, 0.25) is 0 Å². The van der Waals surface area contributed by atoms with Gasteiger partial charge in [0.25, 0.3) is 5.91 Å². The Morgan fingerprint density at radius 2 is 2.04 bits per heavy atom. The molecule has 2 aromatic rings. The highest BCUT2D eigenvalue weighted by atomic mass is 79.9. The Hall–Kier alpha value is -1.89. The lowest BCUT2D eigenvalue weighted by molar-refractivity contribution is -0.174. The van der Waals surface area contributed by atoms with Gasteiger partial charge in [-0.3, -0.25) is 4.79 Å². The van der Waals surface area contributed by atoms with Gasteiger partial charge in [-0.2, -0.15) is 0 Å². The van der Waals surface area contributed by atoms with E-state index in [0.29, 0.717) is 19.6 Å². The van der Waals surface area contributed by atoms with E-state index in [2.05, 4.69) is 15.9 Å². The summed E-state index contributed by atoms with van der Waals surface area (Å²) < 4.78 is 12.0. The minimum absolute atomic E-state index is 0.0830. The summed E-state index contributed by atoms with van der Waals surface area (Å²) in [5, 5.41) is 9.28. The lowest BCUT2D eigenvalue weighted by Gasteiger charge is -2.47. The minimum Gasteiger partial charge on any atom is -0.497 e. The van der Waals surface area contributed by atoms with Gasteiger partial charge in [0.2, 0.25) is 0 Å². The van der Waals surface area contributed by atoms with Crippen molar-refractivity contribution in [3.63, 3.8) is 0 Å². The van der Waals surface area contributed by atoms with Crippen molar-refractivity contribution in [3.05, 3.63) is 64.1 Å². The average molecular weight is 434 g/mol. The van der Waals surface area contributed by atoms with E-state index in [1.165, 1.54) is 0 Å². The number of aliphatic hydroxyl groups is 1. The maximum atomic E-state index is 13.2. The molecule has 2 atom stereocenters. The van der Waals surface area contributed by atoms with Crippen LogP contribution in [0.15, 0.2) is 53.0 Å². The number of morpholine rings is 1. The molecule has 0 saturated carbocycles. The first-order chi connectivity index (χ1) is 13.0. The van der Waals surface area contributed by atoms with Gasteiger partial charge in [0.1, 0.15) is 11.9 Å². The molecular formula is C21H24BrNO4. The highest BCUT2D eigenvalue weighted by Crippen LogP contribution is 2.36. The number of rotatable bonds is 6. The van der Waals surface area contributed by atoms with Crippen molar-refractivity contribution in [2.24, 2.45) is 0 Å². The summed E-state index contributed by atoms with van der Waals surface area (Å²) in [6, 6.07) is 15.7. The Balaban J connectivity index is 1.96. The third kappa shape index (κ3) is 4.18. The second kappa shape index (κ2) is 8.42. The van der Waals surface area contributed by atoms with Crippen molar-refractivity contribution in [3.8, 4) is 5.75 Å². The Bertz CT molecular complexity index is 795. The number of amides is 1. The molecule has 0 bridgehead atoms. The van der Waals surface area contributed by atoms with Crippen molar-refractivity contribution in [1.82, 2.24) is 4.90 Å². The fourth-order valence-corrected chi connectivity index (χ4v) is 3.78. The topological polar surface area (TPSA) is 59.0 Å².